The molecule has 1 aromatic heterocycles. The molecule has 5 rings (SSSR count). The first kappa shape index (κ1) is 39.5. The van der Waals surface area contributed by atoms with Gasteiger partial charge in [-0.15, -0.1) is 0 Å². The number of piperazine rings is 1. The molecule has 45 heavy (non-hydrogen) atoms. The van der Waals surface area contributed by atoms with E-state index in [-0.39, 0.29) is 74.8 Å². The third kappa shape index (κ3) is 11.2. The van der Waals surface area contributed by atoms with Crippen molar-refractivity contribution in [3.8, 4) is 12.1 Å². The SMILES string of the molecule is C=CC(=O)[NH+]1CCN(c2nc(OC)nc3c2CCCN(c2cccc(/C=C\C)c2C(=C)Cl)C3)CC1.CC#N.CN1CCCC1.[Cs+]. The second kappa shape index (κ2) is 20.6. The van der Waals surface area contributed by atoms with Crippen LogP contribution in [-0.4, -0.2) is 80.7 Å². The van der Waals surface area contributed by atoms with Gasteiger partial charge in [0, 0.05) is 41.4 Å². The van der Waals surface area contributed by atoms with Gasteiger partial charge in [0.1, 0.15) is 18.9 Å². The number of quaternary nitrogens is 1. The number of hydrogen-bond acceptors (Lipinski definition) is 8. The molecule has 11 heteroatoms. The minimum absolute atomic E-state index is 0. The zero-order chi connectivity index (χ0) is 32.1. The third-order valence-electron chi connectivity index (χ3n) is 7.99. The van der Waals surface area contributed by atoms with Crippen LogP contribution in [0, 0.1) is 11.3 Å². The van der Waals surface area contributed by atoms with E-state index in [0.29, 0.717) is 17.6 Å². The zero-order valence-electron chi connectivity index (χ0n) is 27.7. The van der Waals surface area contributed by atoms with E-state index >= 15 is 0 Å². The fourth-order valence-electron chi connectivity index (χ4n) is 5.84. The van der Waals surface area contributed by atoms with E-state index in [2.05, 4.69) is 59.2 Å². The summed E-state index contributed by atoms with van der Waals surface area (Å²) in [5.41, 5.74) is 5.16. The molecule has 1 amide bonds. The van der Waals surface area contributed by atoms with Gasteiger partial charge in [0.25, 0.3) is 0 Å². The maximum Gasteiger partial charge on any atom is 1.00 e. The van der Waals surface area contributed by atoms with Gasteiger partial charge in [0.05, 0.1) is 38.5 Å². The summed E-state index contributed by atoms with van der Waals surface area (Å²) in [5.74, 6) is 0.972. The number of allylic oxidation sites excluding steroid dienone is 1. The van der Waals surface area contributed by atoms with Crippen molar-refractivity contribution in [2.24, 2.45) is 0 Å². The number of fused-ring (bicyclic) bond motifs is 1. The van der Waals surface area contributed by atoms with Crippen LogP contribution in [0.15, 0.2) is 43.5 Å². The molecule has 0 saturated carbocycles. The molecule has 0 bridgehead atoms. The van der Waals surface area contributed by atoms with Crippen molar-refractivity contribution < 1.29 is 83.3 Å². The smallest absolute Gasteiger partial charge is 0.467 e. The quantitative estimate of drug-likeness (QED) is 0.443. The third-order valence-corrected chi connectivity index (χ3v) is 8.18. The molecule has 9 nitrogen and oxygen atoms in total. The summed E-state index contributed by atoms with van der Waals surface area (Å²) in [4.78, 5) is 29.5. The molecule has 2 aromatic rings. The van der Waals surface area contributed by atoms with Gasteiger partial charge in [-0.1, -0.05) is 49.0 Å². The van der Waals surface area contributed by atoms with Crippen molar-refractivity contribution >= 4 is 40.1 Å². The molecule has 4 heterocycles. The largest absolute Gasteiger partial charge is 1.00 e. The molecule has 3 aliphatic rings. The average Bonchev–Trinajstić information content (AvgIpc) is 3.41. The zero-order valence-corrected chi connectivity index (χ0v) is 34.8. The standard InChI is InChI=1S/C27H32ClN5O2.C5H11N.C2H3N.Cs/c1-5-9-20-10-7-12-23(25(20)19(3)28)33-13-8-11-21-22(18-33)29-27(35-4)30-26(21)32-16-14-31(15-17-32)24(34)6-2;1-6-4-2-3-5-6;1-2-3;/h5-7,9-10,12H,2-3,8,11,13-18H2,1,4H3;2-5H2,1H3;1H3;/q;;;+1/p+1/b9-5-;;;. The van der Waals surface area contributed by atoms with Crippen LogP contribution in [0.2, 0.25) is 0 Å². The van der Waals surface area contributed by atoms with Gasteiger partial charge in [-0.05, 0) is 64.4 Å². The van der Waals surface area contributed by atoms with Crippen molar-refractivity contribution in [3.63, 3.8) is 0 Å². The van der Waals surface area contributed by atoms with Gasteiger partial charge in [-0.3, -0.25) is 4.90 Å². The number of nitriles is 1. The second-order valence-electron chi connectivity index (χ2n) is 11.0. The van der Waals surface area contributed by atoms with Gasteiger partial charge >= 0.3 is 80.8 Å². The predicted molar refractivity (Wildman–Crippen MR) is 180 cm³/mol. The monoisotopic (exact) mass is 753 g/mol. The van der Waals surface area contributed by atoms with Crippen LogP contribution < -0.4 is 88.3 Å². The fourth-order valence-corrected chi connectivity index (χ4v) is 6.04. The first-order valence-corrected chi connectivity index (χ1v) is 15.7. The summed E-state index contributed by atoms with van der Waals surface area (Å²) in [7, 11) is 3.77. The first-order valence-electron chi connectivity index (χ1n) is 15.3. The first-order chi connectivity index (χ1) is 21.3. The number of carbonyl (C=O) groups is 1. The summed E-state index contributed by atoms with van der Waals surface area (Å²) >= 11 is 6.49. The van der Waals surface area contributed by atoms with Crippen LogP contribution in [0.4, 0.5) is 11.5 Å². The Morgan fingerprint density at radius 2 is 1.78 bits per heavy atom. The Bertz CT molecular complexity index is 1360. The molecular weight excluding hydrogens is 707 g/mol. The Balaban J connectivity index is 0.000000614. The topological polar surface area (TPSA) is 90.0 Å². The average molecular weight is 754 g/mol. The van der Waals surface area contributed by atoms with Crippen LogP contribution in [0.3, 0.4) is 0 Å². The summed E-state index contributed by atoms with van der Waals surface area (Å²) < 4.78 is 5.50. The second-order valence-corrected chi connectivity index (χ2v) is 11.5. The normalized spacial score (nSPS) is 16.5. The summed E-state index contributed by atoms with van der Waals surface area (Å²) in [6, 6.07) is 8.32. The summed E-state index contributed by atoms with van der Waals surface area (Å²) in [6.07, 6.45) is 10.1. The van der Waals surface area contributed by atoms with Crippen LogP contribution in [0.25, 0.3) is 11.1 Å². The van der Waals surface area contributed by atoms with Gasteiger partial charge in [0.15, 0.2) is 0 Å². The molecule has 0 spiro atoms. The Hall–Kier alpha value is -1.66. The molecule has 236 valence electrons. The van der Waals surface area contributed by atoms with Gasteiger partial charge in [-0.25, -0.2) is 4.79 Å². The van der Waals surface area contributed by atoms with E-state index in [1.807, 2.05) is 13.0 Å². The van der Waals surface area contributed by atoms with Crippen molar-refractivity contribution in [1.29, 1.82) is 5.26 Å². The number of likely N-dealkylation sites (tertiary alicyclic amines) is 1. The van der Waals surface area contributed by atoms with Crippen LogP contribution in [0.1, 0.15) is 55.5 Å². The predicted octanol–water partition coefficient (Wildman–Crippen LogP) is 1.34. The van der Waals surface area contributed by atoms with Crippen LogP contribution in [-0.2, 0) is 17.8 Å². The maximum atomic E-state index is 12.1. The van der Waals surface area contributed by atoms with Gasteiger partial charge < -0.3 is 19.4 Å². The Labute approximate surface area is 333 Å². The van der Waals surface area contributed by atoms with Crippen molar-refractivity contribution in [2.45, 2.75) is 46.1 Å². The van der Waals surface area contributed by atoms with E-state index in [9.17, 15) is 4.79 Å². The number of halogens is 1. The number of anilines is 2. The van der Waals surface area contributed by atoms with Crippen molar-refractivity contribution in [1.82, 2.24) is 14.9 Å². The molecular formula is C34H47ClCsN7O2+2. The molecule has 0 aliphatic carbocycles. The molecule has 2 fully saturated rings. The number of hydrogen-bond donors (Lipinski definition) is 1. The molecule has 3 aliphatic heterocycles. The number of rotatable bonds is 6. The Morgan fingerprint density at radius 1 is 1.11 bits per heavy atom. The fraction of sp³-hybridized carbons (Fsp3) is 0.471. The number of ether oxygens (including phenoxy) is 1. The summed E-state index contributed by atoms with van der Waals surface area (Å²) in [5, 5.41) is 7.84. The minimum Gasteiger partial charge on any atom is -0.467 e. The number of nitrogens with zero attached hydrogens (tertiary/aromatic N) is 6. The van der Waals surface area contributed by atoms with E-state index in [1.54, 1.807) is 13.2 Å². The molecule has 1 N–H and O–H groups in total. The Kier molecular flexibility index (Phi) is 18.0. The Morgan fingerprint density at radius 3 is 2.31 bits per heavy atom. The van der Waals surface area contributed by atoms with Crippen molar-refractivity contribution in [3.05, 3.63) is 65.9 Å². The van der Waals surface area contributed by atoms with Gasteiger partial charge in [-0.2, -0.15) is 15.2 Å². The summed E-state index contributed by atoms with van der Waals surface area (Å²) in [6.45, 7) is 18.1. The number of carbonyl (C=O) groups excluding carboxylic acids is 1. The van der Waals surface area contributed by atoms with Gasteiger partial charge in [0.2, 0.25) is 0 Å². The maximum absolute atomic E-state index is 12.1. The molecule has 0 unspecified atom stereocenters. The van der Waals surface area contributed by atoms with Crippen LogP contribution >= 0.6 is 11.6 Å². The number of aromatic nitrogens is 2. The minimum atomic E-state index is 0. The van der Waals surface area contributed by atoms with E-state index < -0.39 is 0 Å². The number of benzene rings is 1. The van der Waals surface area contributed by atoms with E-state index in [4.69, 9.17) is 31.6 Å². The number of amides is 1. The number of methoxy groups -OCH3 is 1. The van der Waals surface area contributed by atoms with Crippen molar-refractivity contribution in [2.75, 3.05) is 69.8 Å². The van der Waals surface area contributed by atoms with E-state index in [0.717, 1.165) is 84.4 Å². The molecule has 0 atom stereocenters. The molecule has 0 radical (unpaired) electrons. The van der Waals surface area contributed by atoms with Crippen LogP contribution in [0.5, 0.6) is 6.01 Å². The molecule has 1 aromatic carbocycles. The molecule has 2 saturated heterocycles. The number of nitrogens with one attached hydrogen (secondary N) is 1. The van der Waals surface area contributed by atoms with E-state index in [1.165, 1.54) is 38.9 Å².